The normalized spacial score (nSPS) is 11.8. The van der Waals surface area contributed by atoms with E-state index in [4.69, 9.17) is 9.47 Å². The maximum absolute atomic E-state index is 12.4. The van der Waals surface area contributed by atoms with Gasteiger partial charge in [-0.15, -0.1) is 0 Å². The van der Waals surface area contributed by atoms with Crippen molar-refractivity contribution in [3.05, 3.63) is 47.5 Å². The lowest BCUT2D eigenvalue weighted by atomic mass is 10.1. The number of esters is 2. The molecule has 1 aromatic rings. The summed E-state index contributed by atoms with van der Waals surface area (Å²) in [6, 6.07) is 6.74. The number of rotatable bonds is 16. The largest absolute Gasteiger partial charge is 0.462 e. The van der Waals surface area contributed by atoms with Crippen LogP contribution < -0.4 is 0 Å². The molecule has 0 unspecified atom stereocenters. The number of unbranched alkanes of at least 4 members (excludes halogenated alkanes) is 10. The summed E-state index contributed by atoms with van der Waals surface area (Å²) in [7, 11) is 0. The lowest BCUT2D eigenvalue weighted by Crippen LogP contribution is -2.15. The molecule has 0 aromatic heterocycles. The third kappa shape index (κ3) is 13.3. The Kier molecular flexibility index (Phi) is 17.1. The fourth-order valence-electron chi connectivity index (χ4n) is 3.26. The van der Waals surface area contributed by atoms with E-state index in [-0.39, 0.29) is 0 Å². The van der Waals surface area contributed by atoms with Crippen LogP contribution in [0.3, 0.4) is 0 Å². The highest BCUT2D eigenvalue weighted by molar-refractivity contribution is 6.03. The second-order valence-corrected chi connectivity index (χ2v) is 8.40. The van der Waals surface area contributed by atoms with E-state index in [1.54, 1.807) is 24.3 Å². The van der Waals surface area contributed by atoms with Gasteiger partial charge in [-0.05, 0) is 37.8 Å². The van der Waals surface area contributed by atoms with Crippen molar-refractivity contribution in [2.45, 2.75) is 104 Å². The van der Waals surface area contributed by atoms with Gasteiger partial charge in [-0.25, -0.2) is 9.59 Å². The minimum absolute atomic E-state index is 0.293. The molecule has 1 aromatic carbocycles. The highest BCUT2D eigenvalue weighted by Gasteiger charge is 2.18. The van der Waals surface area contributed by atoms with E-state index in [9.17, 15) is 9.59 Å². The maximum atomic E-state index is 12.4. The molecule has 180 valence electrons. The summed E-state index contributed by atoms with van der Waals surface area (Å²) < 4.78 is 10.7. The van der Waals surface area contributed by atoms with E-state index in [1.807, 2.05) is 0 Å². The Morgan fingerprint density at radius 1 is 0.625 bits per heavy atom. The highest BCUT2D eigenvalue weighted by atomic mass is 16.5. The standard InChI is InChI=1S/C24H38O4.C4H6/c1-3-5-7-9-11-15-19-27-23(25)21-17-13-14-18-22(21)24(26)28-20-16-12-10-8-6-4-2;1-2-4-3-1/h13-14,17-18H,3-12,15-16,19-20H2,1-2H3;1-2H,3-4H2. The minimum atomic E-state index is -0.444. The zero-order valence-electron chi connectivity index (χ0n) is 20.4. The topological polar surface area (TPSA) is 52.6 Å². The quantitative estimate of drug-likeness (QED) is 0.147. The molecular formula is C28H44O4. The van der Waals surface area contributed by atoms with Gasteiger partial charge in [0, 0.05) is 0 Å². The first-order valence-corrected chi connectivity index (χ1v) is 12.8. The van der Waals surface area contributed by atoms with E-state index in [0.717, 1.165) is 25.7 Å². The van der Waals surface area contributed by atoms with Gasteiger partial charge in [0.05, 0.1) is 24.3 Å². The van der Waals surface area contributed by atoms with Crippen molar-refractivity contribution in [2.24, 2.45) is 0 Å². The van der Waals surface area contributed by atoms with Crippen LogP contribution in [0.15, 0.2) is 36.4 Å². The molecule has 32 heavy (non-hydrogen) atoms. The predicted molar refractivity (Wildman–Crippen MR) is 132 cm³/mol. The van der Waals surface area contributed by atoms with Crippen LogP contribution in [0.2, 0.25) is 0 Å². The fraction of sp³-hybridized carbons (Fsp3) is 0.643. The maximum Gasteiger partial charge on any atom is 0.339 e. The van der Waals surface area contributed by atoms with Crippen LogP contribution in [0.5, 0.6) is 0 Å². The molecule has 2 rings (SSSR count). The predicted octanol–water partition coefficient (Wildman–Crippen LogP) is 8.06. The molecule has 0 saturated carbocycles. The Bertz CT molecular complexity index is 596. The van der Waals surface area contributed by atoms with Gasteiger partial charge in [0.1, 0.15) is 0 Å². The summed E-state index contributed by atoms with van der Waals surface area (Å²) >= 11 is 0. The molecular weight excluding hydrogens is 400 g/mol. The first-order chi connectivity index (χ1) is 15.7. The highest BCUT2D eigenvalue weighted by Crippen LogP contribution is 2.14. The molecule has 4 heteroatoms. The van der Waals surface area contributed by atoms with Crippen molar-refractivity contribution in [3.8, 4) is 0 Å². The van der Waals surface area contributed by atoms with E-state index in [1.165, 1.54) is 64.2 Å². The molecule has 0 N–H and O–H groups in total. The van der Waals surface area contributed by atoms with Gasteiger partial charge in [0.15, 0.2) is 0 Å². The summed E-state index contributed by atoms with van der Waals surface area (Å²) in [6.07, 6.45) is 20.6. The first kappa shape index (κ1) is 27.9. The molecule has 0 atom stereocenters. The summed E-state index contributed by atoms with van der Waals surface area (Å²) in [5, 5.41) is 0. The zero-order chi connectivity index (χ0) is 23.3. The van der Waals surface area contributed by atoms with Gasteiger partial charge in [-0.2, -0.15) is 0 Å². The van der Waals surface area contributed by atoms with E-state index < -0.39 is 11.9 Å². The molecule has 0 fully saturated rings. The first-order valence-electron chi connectivity index (χ1n) is 12.8. The lowest BCUT2D eigenvalue weighted by Gasteiger charge is -2.10. The molecule has 0 bridgehead atoms. The van der Waals surface area contributed by atoms with Crippen LogP contribution in [0.4, 0.5) is 0 Å². The Labute approximate surface area is 195 Å². The van der Waals surface area contributed by atoms with Gasteiger partial charge >= 0.3 is 11.9 Å². The SMILES string of the molecule is C1=CCC1.CCCCCCCCOC(=O)c1ccccc1C(=O)OCCCCCCCC. The van der Waals surface area contributed by atoms with Crippen molar-refractivity contribution in [1.82, 2.24) is 0 Å². The van der Waals surface area contributed by atoms with Gasteiger partial charge < -0.3 is 9.47 Å². The van der Waals surface area contributed by atoms with Gasteiger partial charge in [-0.1, -0.05) is 102 Å². The van der Waals surface area contributed by atoms with Gasteiger partial charge in [-0.3, -0.25) is 0 Å². The Morgan fingerprint density at radius 3 is 1.31 bits per heavy atom. The van der Waals surface area contributed by atoms with Crippen molar-refractivity contribution in [2.75, 3.05) is 13.2 Å². The van der Waals surface area contributed by atoms with E-state index in [2.05, 4.69) is 26.0 Å². The average Bonchev–Trinajstić information content (AvgIpc) is 2.76. The van der Waals surface area contributed by atoms with Crippen molar-refractivity contribution >= 4 is 11.9 Å². The number of carbonyl (C=O) groups is 2. The monoisotopic (exact) mass is 444 g/mol. The number of hydrogen-bond acceptors (Lipinski definition) is 4. The molecule has 0 saturated heterocycles. The number of ether oxygens (including phenoxy) is 2. The van der Waals surface area contributed by atoms with E-state index >= 15 is 0 Å². The summed E-state index contributed by atoms with van der Waals surface area (Å²) in [4.78, 5) is 24.7. The zero-order valence-corrected chi connectivity index (χ0v) is 20.4. The lowest BCUT2D eigenvalue weighted by molar-refractivity contribution is 0.0450. The van der Waals surface area contributed by atoms with E-state index in [0.29, 0.717) is 24.3 Å². The number of allylic oxidation sites excluding steroid dienone is 2. The van der Waals surface area contributed by atoms with Crippen molar-refractivity contribution < 1.29 is 19.1 Å². The van der Waals surface area contributed by atoms with Crippen molar-refractivity contribution in [3.63, 3.8) is 0 Å². The summed E-state index contributed by atoms with van der Waals surface area (Å²) in [5.41, 5.74) is 0.586. The third-order valence-electron chi connectivity index (χ3n) is 5.50. The van der Waals surface area contributed by atoms with Gasteiger partial charge in [0.2, 0.25) is 0 Å². The Hall–Kier alpha value is -2.10. The molecule has 0 radical (unpaired) electrons. The molecule has 1 aliphatic rings. The average molecular weight is 445 g/mol. The smallest absolute Gasteiger partial charge is 0.339 e. The van der Waals surface area contributed by atoms with Crippen LogP contribution in [0, 0.1) is 0 Å². The van der Waals surface area contributed by atoms with Crippen LogP contribution in [-0.2, 0) is 9.47 Å². The summed E-state index contributed by atoms with van der Waals surface area (Å²) in [6.45, 7) is 5.17. The number of benzene rings is 1. The Morgan fingerprint density at radius 2 is 0.969 bits per heavy atom. The third-order valence-corrected chi connectivity index (χ3v) is 5.50. The van der Waals surface area contributed by atoms with Crippen LogP contribution in [0.25, 0.3) is 0 Å². The summed E-state index contributed by atoms with van der Waals surface area (Å²) in [5.74, 6) is -0.888. The molecule has 1 aliphatic carbocycles. The molecule has 0 heterocycles. The number of carbonyl (C=O) groups excluding carboxylic acids is 2. The number of hydrogen-bond donors (Lipinski definition) is 0. The molecule has 0 aliphatic heterocycles. The fourth-order valence-corrected chi connectivity index (χ4v) is 3.26. The Balaban J connectivity index is 0.00000114. The van der Waals surface area contributed by atoms with Crippen molar-refractivity contribution in [1.29, 1.82) is 0 Å². The van der Waals surface area contributed by atoms with Gasteiger partial charge in [0.25, 0.3) is 0 Å². The van der Waals surface area contributed by atoms with Crippen LogP contribution in [-0.4, -0.2) is 25.2 Å². The van der Waals surface area contributed by atoms with Crippen LogP contribution >= 0.6 is 0 Å². The molecule has 0 amide bonds. The minimum Gasteiger partial charge on any atom is -0.462 e. The second kappa shape index (κ2) is 19.6. The second-order valence-electron chi connectivity index (χ2n) is 8.40. The van der Waals surface area contributed by atoms with Crippen LogP contribution in [0.1, 0.15) is 124 Å². The molecule has 0 spiro atoms. The molecule has 4 nitrogen and oxygen atoms in total.